The van der Waals surface area contributed by atoms with Gasteiger partial charge in [0.2, 0.25) is 5.91 Å². The van der Waals surface area contributed by atoms with Crippen molar-refractivity contribution < 1.29 is 4.79 Å². The third kappa shape index (κ3) is 10.5. The van der Waals surface area contributed by atoms with Gasteiger partial charge in [-0.05, 0) is 24.3 Å². The van der Waals surface area contributed by atoms with E-state index in [0.29, 0.717) is 18.4 Å². The maximum atomic E-state index is 11.7. The zero-order chi connectivity index (χ0) is 17.1. The van der Waals surface area contributed by atoms with Gasteiger partial charge >= 0.3 is 0 Å². The van der Waals surface area contributed by atoms with Gasteiger partial charge in [-0.3, -0.25) is 4.79 Å². The molecule has 0 aliphatic rings. The van der Waals surface area contributed by atoms with Gasteiger partial charge in [0.15, 0.2) is 5.96 Å². The van der Waals surface area contributed by atoms with Crippen LogP contribution >= 0.6 is 24.0 Å². The number of carbonyl (C=O) groups is 1. The standard InChI is InChI=1S/C18H30N4O.HI/c1-15(2)9-8-12-19-18(21-14-17(23)22(3)4)20-13-16-10-6-5-7-11-16;/h5-7,10-11,15H,8-9,12-14H2,1-4H3,(H2,19,20,21);1H. The van der Waals surface area contributed by atoms with Crippen molar-refractivity contribution in [3.63, 3.8) is 0 Å². The zero-order valence-corrected chi connectivity index (χ0v) is 17.5. The lowest BCUT2D eigenvalue weighted by Gasteiger charge is -2.15. The average molecular weight is 446 g/mol. The van der Waals surface area contributed by atoms with Gasteiger partial charge in [0, 0.05) is 20.6 Å². The van der Waals surface area contributed by atoms with Gasteiger partial charge in [0.05, 0.1) is 13.1 Å². The van der Waals surface area contributed by atoms with Crippen LogP contribution < -0.4 is 10.6 Å². The molecule has 0 radical (unpaired) electrons. The fourth-order valence-corrected chi connectivity index (χ4v) is 1.96. The molecule has 0 aromatic heterocycles. The first-order chi connectivity index (χ1) is 11.0. The average Bonchev–Trinajstić information content (AvgIpc) is 2.53. The molecule has 1 aromatic carbocycles. The Balaban J connectivity index is 0.00000529. The summed E-state index contributed by atoms with van der Waals surface area (Å²) >= 11 is 0. The Morgan fingerprint density at radius 1 is 1.17 bits per heavy atom. The van der Waals surface area contributed by atoms with E-state index in [9.17, 15) is 4.79 Å². The van der Waals surface area contributed by atoms with Crippen LogP contribution in [0.15, 0.2) is 35.3 Å². The molecule has 0 bridgehead atoms. The van der Waals surface area contributed by atoms with Crippen molar-refractivity contribution in [2.24, 2.45) is 10.9 Å². The Hall–Kier alpha value is -1.31. The number of carbonyl (C=O) groups excluding carboxylic acids is 1. The Labute approximate surface area is 163 Å². The lowest BCUT2D eigenvalue weighted by Crippen LogP contribution is -2.43. The predicted molar refractivity (Wildman–Crippen MR) is 112 cm³/mol. The van der Waals surface area contributed by atoms with E-state index in [-0.39, 0.29) is 36.4 Å². The number of likely N-dealkylation sites (N-methyl/N-ethyl adjacent to an activating group) is 1. The van der Waals surface area contributed by atoms with Crippen LogP contribution in [0, 0.1) is 5.92 Å². The minimum absolute atomic E-state index is 0. The van der Waals surface area contributed by atoms with Gasteiger partial charge in [0.1, 0.15) is 0 Å². The molecular weight excluding hydrogens is 415 g/mol. The van der Waals surface area contributed by atoms with Crippen molar-refractivity contribution in [1.82, 2.24) is 15.5 Å². The highest BCUT2D eigenvalue weighted by Crippen LogP contribution is 2.02. The molecule has 1 rings (SSSR count). The SMILES string of the molecule is CC(C)CCCNC(=NCc1ccccc1)NCC(=O)N(C)C.I. The van der Waals surface area contributed by atoms with E-state index in [1.807, 2.05) is 30.3 Å². The molecule has 0 unspecified atom stereocenters. The zero-order valence-electron chi connectivity index (χ0n) is 15.2. The van der Waals surface area contributed by atoms with Crippen molar-refractivity contribution in [2.45, 2.75) is 33.2 Å². The molecule has 136 valence electrons. The van der Waals surface area contributed by atoms with E-state index in [2.05, 4.69) is 29.5 Å². The molecule has 1 aromatic rings. The normalized spacial score (nSPS) is 11.0. The Kier molecular flexibility index (Phi) is 12.3. The summed E-state index contributed by atoms with van der Waals surface area (Å²) in [5.41, 5.74) is 1.15. The van der Waals surface area contributed by atoms with Crippen molar-refractivity contribution in [3.8, 4) is 0 Å². The van der Waals surface area contributed by atoms with Crippen molar-refractivity contribution >= 4 is 35.8 Å². The van der Waals surface area contributed by atoms with Gasteiger partial charge in [-0.2, -0.15) is 0 Å². The summed E-state index contributed by atoms with van der Waals surface area (Å²) in [7, 11) is 3.50. The Morgan fingerprint density at radius 3 is 2.42 bits per heavy atom. The lowest BCUT2D eigenvalue weighted by atomic mass is 10.1. The van der Waals surface area contributed by atoms with Crippen molar-refractivity contribution in [2.75, 3.05) is 27.2 Å². The number of nitrogens with zero attached hydrogens (tertiary/aromatic N) is 2. The van der Waals surface area contributed by atoms with Crippen LogP contribution in [0.4, 0.5) is 0 Å². The molecule has 2 N–H and O–H groups in total. The molecular formula is C18H31IN4O. The highest BCUT2D eigenvalue weighted by Gasteiger charge is 2.06. The van der Waals surface area contributed by atoms with Crippen LogP contribution in [0.5, 0.6) is 0 Å². The summed E-state index contributed by atoms with van der Waals surface area (Å²) in [6.07, 6.45) is 2.26. The van der Waals surface area contributed by atoms with Crippen LogP contribution in [0.25, 0.3) is 0 Å². The highest BCUT2D eigenvalue weighted by molar-refractivity contribution is 14.0. The fourth-order valence-electron chi connectivity index (χ4n) is 1.96. The molecule has 0 saturated carbocycles. The smallest absolute Gasteiger partial charge is 0.241 e. The molecule has 0 aliphatic heterocycles. The number of rotatable bonds is 8. The molecule has 0 fully saturated rings. The molecule has 0 atom stereocenters. The number of guanidine groups is 1. The first-order valence-corrected chi connectivity index (χ1v) is 8.25. The topological polar surface area (TPSA) is 56.7 Å². The molecule has 0 heterocycles. The lowest BCUT2D eigenvalue weighted by molar-refractivity contribution is -0.127. The summed E-state index contributed by atoms with van der Waals surface area (Å²) in [6.45, 7) is 6.14. The number of benzene rings is 1. The molecule has 5 nitrogen and oxygen atoms in total. The first kappa shape index (κ1) is 22.7. The van der Waals surface area contributed by atoms with Gasteiger partial charge in [-0.15, -0.1) is 24.0 Å². The van der Waals surface area contributed by atoms with Gasteiger partial charge in [0.25, 0.3) is 0 Å². The van der Waals surface area contributed by atoms with Gasteiger partial charge < -0.3 is 15.5 Å². The van der Waals surface area contributed by atoms with Gasteiger partial charge in [-0.25, -0.2) is 4.99 Å². The largest absolute Gasteiger partial charge is 0.356 e. The van der Waals surface area contributed by atoms with E-state index >= 15 is 0 Å². The maximum Gasteiger partial charge on any atom is 0.241 e. The molecule has 1 amide bonds. The molecule has 0 spiro atoms. The third-order valence-corrected chi connectivity index (χ3v) is 3.42. The molecule has 24 heavy (non-hydrogen) atoms. The summed E-state index contributed by atoms with van der Waals surface area (Å²) < 4.78 is 0. The van der Waals surface area contributed by atoms with Crippen LogP contribution in [-0.2, 0) is 11.3 Å². The third-order valence-electron chi connectivity index (χ3n) is 3.42. The molecule has 6 heteroatoms. The number of hydrogen-bond acceptors (Lipinski definition) is 2. The van der Waals surface area contributed by atoms with Crippen LogP contribution in [0.1, 0.15) is 32.3 Å². The van der Waals surface area contributed by atoms with E-state index in [1.165, 1.54) is 6.42 Å². The quantitative estimate of drug-likeness (QED) is 0.280. The van der Waals surface area contributed by atoms with E-state index in [0.717, 1.165) is 18.5 Å². The summed E-state index contributed by atoms with van der Waals surface area (Å²) in [4.78, 5) is 17.9. The molecule has 0 aliphatic carbocycles. The van der Waals surface area contributed by atoms with E-state index in [1.54, 1.807) is 19.0 Å². The summed E-state index contributed by atoms with van der Waals surface area (Å²) in [6, 6.07) is 10.1. The predicted octanol–water partition coefficient (Wildman–Crippen LogP) is 2.86. The second-order valence-electron chi connectivity index (χ2n) is 6.26. The summed E-state index contributed by atoms with van der Waals surface area (Å²) in [5.74, 6) is 1.42. The second-order valence-corrected chi connectivity index (χ2v) is 6.26. The van der Waals surface area contributed by atoms with Crippen molar-refractivity contribution in [1.29, 1.82) is 0 Å². The monoisotopic (exact) mass is 446 g/mol. The Bertz CT molecular complexity index is 489. The number of nitrogens with one attached hydrogen (secondary N) is 2. The van der Waals surface area contributed by atoms with Crippen LogP contribution in [-0.4, -0.2) is 44.0 Å². The minimum atomic E-state index is 0. The molecule has 0 saturated heterocycles. The first-order valence-electron chi connectivity index (χ1n) is 8.25. The number of halogens is 1. The summed E-state index contributed by atoms with van der Waals surface area (Å²) in [5, 5.41) is 6.41. The van der Waals surface area contributed by atoms with Crippen LogP contribution in [0.2, 0.25) is 0 Å². The fraction of sp³-hybridized carbons (Fsp3) is 0.556. The Morgan fingerprint density at radius 2 is 1.83 bits per heavy atom. The maximum absolute atomic E-state index is 11.7. The number of amides is 1. The van der Waals surface area contributed by atoms with Crippen molar-refractivity contribution in [3.05, 3.63) is 35.9 Å². The van der Waals surface area contributed by atoms with Gasteiger partial charge in [-0.1, -0.05) is 44.2 Å². The minimum Gasteiger partial charge on any atom is -0.356 e. The second kappa shape index (κ2) is 13.0. The number of hydrogen-bond donors (Lipinski definition) is 2. The van der Waals surface area contributed by atoms with E-state index < -0.39 is 0 Å². The van der Waals surface area contributed by atoms with Crippen LogP contribution in [0.3, 0.4) is 0 Å². The number of aliphatic imine (C=N–C) groups is 1. The van der Waals surface area contributed by atoms with E-state index in [4.69, 9.17) is 0 Å². The highest BCUT2D eigenvalue weighted by atomic mass is 127.